The summed E-state index contributed by atoms with van der Waals surface area (Å²) in [6, 6.07) is 15.5. The van der Waals surface area contributed by atoms with Gasteiger partial charge in [-0.2, -0.15) is 27.0 Å². The Balaban J connectivity index is 0.000000399. The van der Waals surface area contributed by atoms with E-state index in [1.165, 1.54) is 23.2 Å². The van der Waals surface area contributed by atoms with Gasteiger partial charge in [0.05, 0.1) is 28.7 Å². The lowest BCUT2D eigenvalue weighted by atomic mass is 10.1. The number of likely N-dealkylation sites (N-methyl/N-ethyl adjacent to an activating group) is 2. The van der Waals surface area contributed by atoms with Gasteiger partial charge in [0.15, 0.2) is 0 Å². The number of nitrogens with one attached hydrogen (secondary N) is 1. The molecule has 0 bridgehead atoms. The molecule has 4 amide bonds. The van der Waals surface area contributed by atoms with Crippen LogP contribution in [0.4, 0.5) is 19.4 Å². The van der Waals surface area contributed by atoms with Gasteiger partial charge >= 0.3 is 6.09 Å². The summed E-state index contributed by atoms with van der Waals surface area (Å²) in [6.45, 7) is 2.47. The highest BCUT2D eigenvalue weighted by atomic mass is 35.5. The molecule has 6 rings (SSSR count). The number of hydrogen-bond donors (Lipinski definition) is 3. The van der Waals surface area contributed by atoms with Crippen LogP contribution in [0.15, 0.2) is 103 Å². The van der Waals surface area contributed by atoms with E-state index in [1.54, 1.807) is 92.4 Å². The van der Waals surface area contributed by atoms with Gasteiger partial charge in [-0.15, -0.1) is 0 Å². The van der Waals surface area contributed by atoms with Crippen LogP contribution >= 0.6 is 50.2 Å². The Morgan fingerprint density at radius 2 is 1.32 bits per heavy atom. The molecule has 4 heterocycles. The van der Waals surface area contributed by atoms with Crippen LogP contribution in [0.2, 0.25) is 10.0 Å². The molecule has 2 aromatic carbocycles. The van der Waals surface area contributed by atoms with Crippen molar-refractivity contribution in [1.82, 2.24) is 29.7 Å². The second-order valence-electron chi connectivity index (χ2n) is 15.8. The van der Waals surface area contributed by atoms with Crippen LogP contribution in [0.3, 0.4) is 0 Å². The molecule has 72 heavy (non-hydrogen) atoms. The van der Waals surface area contributed by atoms with Gasteiger partial charge in [0.1, 0.15) is 29.8 Å². The number of aryl methyl sites for hydroxylation is 2. The highest BCUT2D eigenvalue weighted by molar-refractivity contribution is 7.59. The molecule has 0 radical (unpaired) electrons. The lowest BCUT2D eigenvalue weighted by Gasteiger charge is -2.28. The largest absolute Gasteiger partial charge is 0.447 e. The third-order valence-electron chi connectivity index (χ3n) is 11.0. The molecule has 4 aromatic heterocycles. The first kappa shape index (κ1) is 61.9. The van der Waals surface area contributed by atoms with Crippen LogP contribution in [0.25, 0.3) is 32.0 Å². The lowest BCUT2D eigenvalue weighted by Crippen LogP contribution is -2.41. The monoisotopic (exact) mass is 1070 g/mol. The van der Waals surface area contributed by atoms with Crippen molar-refractivity contribution in [2.24, 2.45) is 10.8 Å². The topological polar surface area (TPSA) is 243 Å². The van der Waals surface area contributed by atoms with E-state index in [0.717, 1.165) is 40.8 Å². The Morgan fingerprint density at radius 3 is 1.85 bits per heavy atom. The van der Waals surface area contributed by atoms with E-state index in [4.69, 9.17) is 39.2 Å². The van der Waals surface area contributed by atoms with Crippen LogP contribution in [0.1, 0.15) is 73.5 Å². The van der Waals surface area contributed by atoms with Crippen molar-refractivity contribution in [2.45, 2.75) is 76.8 Å². The number of nitrogens with zero attached hydrogens (tertiary/aromatic N) is 9. The third-order valence-corrected chi connectivity index (χ3v) is 11.9. The number of unbranched alkanes of at least 4 members (excludes halogenated alkanes) is 1. The van der Waals surface area contributed by atoms with Crippen molar-refractivity contribution >= 4 is 101 Å². The van der Waals surface area contributed by atoms with Crippen molar-refractivity contribution in [3.8, 4) is 0 Å². The minimum absolute atomic E-state index is 0. The maximum absolute atomic E-state index is 13.6. The molecule has 0 fully saturated rings. The number of amides is 4. The average molecular weight is 1070 g/mol. The molecule has 386 valence electrons. The van der Waals surface area contributed by atoms with Gasteiger partial charge < -0.3 is 25.4 Å². The Labute approximate surface area is 440 Å². The zero-order chi connectivity index (χ0) is 51.0. The highest BCUT2D eigenvalue weighted by Gasteiger charge is 2.23. The van der Waals surface area contributed by atoms with E-state index in [-0.39, 0.29) is 92.7 Å². The summed E-state index contributed by atoms with van der Waals surface area (Å²) in [7, 11) is 3.35. The first-order chi connectivity index (χ1) is 33.7. The van der Waals surface area contributed by atoms with E-state index in [2.05, 4.69) is 42.2 Å². The number of rotatable bonds is 19. The molecule has 0 unspecified atom stereocenters. The number of fused-ring (bicyclic) bond motifs is 2. The fraction of sp³-hybridized carbons (Fsp3) is 0.347. The first-order valence-corrected chi connectivity index (χ1v) is 23.1. The van der Waals surface area contributed by atoms with Gasteiger partial charge in [-0.05, 0) is 108 Å². The molecule has 0 aliphatic heterocycles. The molecule has 17 nitrogen and oxygen atoms in total. The molecule has 0 aliphatic rings. The quantitative estimate of drug-likeness (QED) is 0.0391. The fourth-order valence-electron chi connectivity index (χ4n) is 6.87. The summed E-state index contributed by atoms with van der Waals surface area (Å²) in [4.78, 5) is 70.0. The predicted molar refractivity (Wildman–Crippen MR) is 286 cm³/mol. The van der Waals surface area contributed by atoms with Crippen LogP contribution in [0, 0.1) is 11.6 Å². The molecule has 4 N–H and O–H groups in total. The van der Waals surface area contributed by atoms with Crippen molar-refractivity contribution in [3.63, 3.8) is 0 Å². The number of azide groups is 1. The number of carbonyl (C=O) groups is 4. The zero-order valence-electron chi connectivity index (χ0n) is 40.0. The predicted octanol–water partition coefficient (Wildman–Crippen LogP) is 9.90. The minimum Gasteiger partial charge on any atom is -0.447 e. The number of aliphatic hydroxyl groups is 1. The number of benzene rings is 2. The van der Waals surface area contributed by atoms with Gasteiger partial charge in [-0.1, -0.05) is 67.2 Å². The van der Waals surface area contributed by atoms with Crippen LogP contribution in [-0.4, -0.2) is 105 Å². The fourth-order valence-corrected chi connectivity index (χ4v) is 7.31. The first-order valence-electron chi connectivity index (χ1n) is 22.3. The zero-order valence-corrected chi connectivity index (χ0v) is 43.5. The Bertz CT molecular complexity index is 2760. The smallest absolute Gasteiger partial charge is 0.412 e. The number of carbonyl (C=O) groups excluding carboxylic acids is 4. The number of aliphatic hydroxyl groups excluding tert-OH is 1. The molecule has 6 aromatic rings. The van der Waals surface area contributed by atoms with Crippen LogP contribution in [0.5, 0.6) is 0 Å². The van der Waals surface area contributed by atoms with E-state index in [1.807, 2.05) is 6.07 Å². The van der Waals surface area contributed by atoms with E-state index >= 15 is 0 Å². The maximum atomic E-state index is 13.6. The average Bonchev–Trinajstić information content (AvgIpc) is 3.37. The van der Waals surface area contributed by atoms with Crippen LogP contribution in [-0.2, 0) is 27.2 Å². The van der Waals surface area contributed by atoms with Gasteiger partial charge in [-0.3, -0.25) is 34.7 Å². The summed E-state index contributed by atoms with van der Waals surface area (Å²) >= 11 is 11.9. The number of hydrogen-bond acceptors (Lipinski definition) is 11. The molecule has 0 saturated carbocycles. The lowest BCUT2D eigenvalue weighted by molar-refractivity contribution is -0.133. The molecule has 23 heteroatoms. The second kappa shape index (κ2) is 32.7. The normalized spacial score (nSPS) is 11.1. The maximum Gasteiger partial charge on any atom is 0.412 e. The second-order valence-corrected chi connectivity index (χ2v) is 16.6. The summed E-state index contributed by atoms with van der Waals surface area (Å²) in [5.41, 5.74) is 15.1. The Hall–Kier alpha value is -6.19. The molecule has 0 aliphatic carbocycles. The van der Waals surface area contributed by atoms with Crippen molar-refractivity contribution < 1.29 is 37.8 Å². The van der Waals surface area contributed by atoms with E-state index in [9.17, 15) is 33.1 Å². The number of ether oxygens (including phenoxy) is 1. The standard InChI is InChI=1S/C24H27ClFN5O3.C16H23ClFNO2.C9H5N5O.2H2S/c1-31(22(32)8-7-16-4-2-6-20(26)23(16)25)19(5-3-10-27)15-34-24(33)30-21-12-17-9-11-28-13-18(17)14-29-21;1-3-4-7-13(11-20)19(2)15(21)10-9-12-6-5-8-14(18)16(12)17;10-14-13-9(15)8-3-6-1-2-11-4-7(6)5-12-8;;/h2,4,6,9,11-14,19H,3,5,7-8,10,15,27H2,1H3,(H,29,30,33);5-6,8,13,20H,3-4,7,9-11H2,1-2H3;1-5H;2*1H2/t19-;13-;;;/m00.../s1. The van der Waals surface area contributed by atoms with Gasteiger partial charge in [0.2, 0.25) is 11.8 Å². The Kier molecular flexibility index (Phi) is 28.1. The molecule has 2 atom stereocenters. The van der Waals surface area contributed by atoms with Crippen molar-refractivity contribution in [2.75, 3.05) is 39.2 Å². The van der Waals surface area contributed by atoms with E-state index < -0.39 is 23.6 Å². The highest BCUT2D eigenvalue weighted by Crippen LogP contribution is 2.23. The summed E-state index contributed by atoms with van der Waals surface area (Å²) < 4.78 is 32.3. The number of aromatic nitrogens is 4. The molecular formula is C49H59Cl2F2N11O6S2. The summed E-state index contributed by atoms with van der Waals surface area (Å²) in [6.07, 6.45) is 14.1. The van der Waals surface area contributed by atoms with Gasteiger partial charge in [0.25, 0.3) is 5.91 Å². The van der Waals surface area contributed by atoms with Crippen molar-refractivity contribution in [3.05, 3.63) is 147 Å². The summed E-state index contributed by atoms with van der Waals surface area (Å²) in [5, 5.41) is 18.4. The molecule has 0 saturated heterocycles. The van der Waals surface area contributed by atoms with Gasteiger partial charge in [0, 0.05) is 79.8 Å². The third kappa shape index (κ3) is 19.4. The number of nitrogens with two attached hydrogens (primary N) is 1. The van der Waals surface area contributed by atoms with Crippen LogP contribution < -0.4 is 11.1 Å². The molecule has 0 spiro atoms. The Morgan fingerprint density at radius 1 is 0.792 bits per heavy atom. The van der Waals surface area contributed by atoms with E-state index in [0.29, 0.717) is 49.2 Å². The van der Waals surface area contributed by atoms with Crippen molar-refractivity contribution in [1.29, 1.82) is 0 Å². The SMILES string of the molecule is CCCC[C@@H](CO)N(C)C(=O)CCc1cccc(F)c1Cl.CN(C(=O)CCc1cccc(F)c1Cl)[C@@H](CCCN)COC(=O)Nc1cc2ccncc2cn1.S.S.[N-]=[N+]=NC(=O)c1cc2ccncc2cn1. The van der Waals surface area contributed by atoms with Gasteiger partial charge in [-0.25, -0.2) is 18.6 Å². The number of pyridine rings is 4. The minimum atomic E-state index is -0.684. The number of anilines is 1. The molecular weight excluding hydrogens is 1010 g/mol. The summed E-state index contributed by atoms with van der Waals surface area (Å²) in [5.74, 6) is -1.56. The number of halogens is 4.